The molecular weight excluding hydrogens is 328 g/mol. The highest BCUT2D eigenvalue weighted by molar-refractivity contribution is 5.30. The lowest BCUT2D eigenvalue weighted by Crippen LogP contribution is -2.37. The number of benzene rings is 2. The molecule has 0 fully saturated rings. The molecule has 0 spiro atoms. The van der Waals surface area contributed by atoms with Crippen LogP contribution in [0.3, 0.4) is 0 Å². The van der Waals surface area contributed by atoms with E-state index in [0.717, 1.165) is 19.4 Å². The minimum absolute atomic E-state index is 0.0295. The number of hydrogen-bond donors (Lipinski definition) is 0. The Kier molecular flexibility index (Phi) is 6.49. The molecule has 0 saturated carbocycles. The van der Waals surface area contributed by atoms with E-state index >= 15 is 0 Å². The van der Waals surface area contributed by atoms with Gasteiger partial charge in [-0.15, -0.1) is 0 Å². The van der Waals surface area contributed by atoms with E-state index in [-0.39, 0.29) is 5.41 Å². The lowest BCUT2D eigenvalue weighted by atomic mass is 9.70. The van der Waals surface area contributed by atoms with Gasteiger partial charge in [0.15, 0.2) is 0 Å². The number of hydrogen-bond acceptors (Lipinski definition) is 0. The predicted octanol–water partition coefficient (Wildman–Crippen LogP) is 5.73. The molecule has 0 aliphatic heterocycles. The molecule has 2 nitrogen and oxygen atoms in total. The van der Waals surface area contributed by atoms with Crippen molar-refractivity contribution < 1.29 is 4.57 Å². The fourth-order valence-corrected chi connectivity index (χ4v) is 4.31. The van der Waals surface area contributed by atoms with E-state index in [9.17, 15) is 0 Å². The molecule has 2 heteroatoms. The number of rotatable bonds is 9. The summed E-state index contributed by atoms with van der Waals surface area (Å²) in [5, 5.41) is 0. The van der Waals surface area contributed by atoms with Crippen LogP contribution in [0.2, 0.25) is 0 Å². The van der Waals surface area contributed by atoms with Crippen molar-refractivity contribution in [3.05, 3.63) is 90.5 Å². The topological polar surface area (TPSA) is 8.81 Å². The van der Waals surface area contributed by atoms with Gasteiger partial charge in [0, 0.05) is 5.41 Å². The van der Waals surface area contributed by atoms with Crippen LogP contribution in [0.25, 0.3) is 0 Å². The van der Waals surface area contributed by atoms with Crippen molar-refractivity contribution in [1.29, 1.82) is 0 Å². The first kappa shape index (κ1) is 19.4. The number of aromatic nitrogens is 2. The molecule has 0 saturated heterocycles. The predicted molar refractivity (Wildman–Crippen MR) is 113 cm³/mol. The van der Waals surface area contributed by atoms with Crippen LogP contribution in [0.15, 0.2) is 79.4 Å². The summed E-state index contributed by atoms with van der Waals surface area (Å²) in [7, 11) is 0. The molecule has 0 aliphatic carbocycles. The van der Waals surface area contributed by atoms with Gasteiger partial charge in [-0.25, -0.2) is 9.13 Å². The highest BCUT2D eigenvalue weighted by Crippen LogP contribution is 2.41. The standard InChI is InChI=1S/C25H33N2/c1-4-12-24(27-19-18-26(21-27)17-5-2)25(3,23-15-10-7-11-16-23)20-22-13-8-6-9-14-22/h6-11,13-16,18-19,21,24H,4-5,12,17,20H2,1-3H3/q+1. The number of imidazole rings is 1. The summed E-state index contributed by atoms with van der Waals surface area (Å²) in [6.07, 6.45) is 11.3. The van der Waals surface area contributed by atoms with Gasteiger partial charge in [0.2, 0.25) is 6.33 Å². The summed E-state index contributed by atoms with van der Waals surface area (Å²) in [4.78, 5) is 0. The van der Waals surface area contributed by atoms with Gasteiger partial charge in [-0.1, -0.05) is 87.9 Å². The van der Waals surface area contributed by atoms with E-state index < -0.39 is 0 Å². The second-order valence-corrected chi connectivity index (χ2v) is 7.85. The highest BCUT2D eigenvalue weighted by atomic mass is 15.1. The first-order valence-corrected chi connectivity index (χ1v) is 10.3. The molecule has 0 aliphatic rings. The zero-order valence-electron chi connectivity index (χ0n) is 17.0. The Morgan fingerprint density at radius 1 is 0.926 bits per heavy atom. The Morgan fingerprint density at radius 3 is 2.22 bits per heavy atom. The van der Waals surface area contributed by atoms with Gasteiger partial charge >= 0.3 is 0 Å². The molecule has 1 heterocycles. The maximum absolute atomic E-state index is 2.45. The average molecular weight is 362 g/mol. The van der Waals surface area contributed by atoms with Crippen molar-refractivity contribution in [3.63, 3.8) is 0 Å². The minimum atomic E-state index is 0.0295. The Morgan fingerprint density at radius 2 is 1.59 bits per heavy atom. The van der Waals surface area contributed by atoms with Crippen molar-refractivity contribution in [3.8, 4) is 0 Å². The van der Waals surface area contributed by atoms with E-state index in [2.05, 4.69) is 109 Å². The first-order chi connectivity index (χ1) is 13.2. The van der Waals surface area contributed by atoms with Gasteiger partial charge in [-0.2, -0.15) is 0 Å². The molecule has 1 aromatic heterocycles. The normalized spacial score (nSPS) is 14.6. The Bertz CT molecular complexity index is 807. The quantitative estimate of drug-likeness (QED) is 0.431. The van der Waals surface area contributed by atoms with Gasteiger partial charge < -0.3 is 0 Å². The fourth-order valence-electron chi connectivity index (χ4n) is 4.31. The average Bonchev–Trinajstić information content (AvgIpc) is 3.16. The van der Waals surface area contributed by atoms with E-state index in [1.54, 1.807) is 0 Å². The van der Waals surface area contributed by atoms with Crippen molar-refractivity contribution in [1.82, 2.24) is 4.57 Å². The molecule has 3 rings (SSSR count). The van der Waals surface area contributed by atoms with Crippen LogP contribution < -0.4 is 4.57 Å². The largest absolute Gasteiger partial charge is 0.244 e. The summed E-state index contributed by atoms with van der Waals surface area (Å²) in [5.41, 5.74) is 2.85. The molecule has 0 radical (unpaired) electrons. The van der Waals surface area contributed by atoms with Gasteiger partial charge in [0.25, 0.3) is 0 Å². The first-order valence-electron chi connectivity index (χ1n) is 10.3. The SMILES string of the molecule is CCCC(n1cc[n+](CCC)c1)C(C)(Cc1ccccc1)c1ccccc1. The van der Waals surface area contributed by atoms with E-state index in [1.165, 1.54) is 24.0 Å². The number of nitrogens with zero attached hydrogens (tertiary/aromatic N) is 2. The zero-order valence-corrected chi connectivity index (χ0v) is 17.0. The molecule has 0 amide bonds. The van der Waals surface area contributed by atoms with Gasteiger partial charge in [0.1, 0.15) is 18.4 Å². The third-order valence-corrected chi connectivity index (χ3v) is 5.70. The van der Waals surface area contributed by atoms with Crippen LogP contribution in [0, 0.1) is 0 Å². The van der Waals surface area contributed by atoms with Crippen LogP contribution in [-0.2, 0) is 18.4 Å². The summed E-state index contributed by atoms with van der Waals surface area (Å²) in [6.45, 7) is 8.05. The Labute approximate surface area is 164 Å². The van der Waals surface area contributed by atoms with Gasteiger partial charge in [-0.05, 0) is 30.4 Å². The van der Waals surface area contributed by atoms with Crippen LogP contribution in [0.5, 0.6) is 0 Å². The fraction of sp³-hybridized carbons (Fsp3) is 0.400. The molecule has 27 heavy (non-hydrogen) atoms. The molecule has 3 aromatic rings. The van der Waals surface area contributed by atoms with Crippen LogP contribution in [0.1, 0.15) is 57.2 Å². The van der Waals surface area contributed by atoms with Crippen LogP contribution in [-0.4, -0.2) is 4.57 Å². The van der Waals surface area contributed by atoms with Gasteiger partial charge in [0.05, 0.1) is 6.54 Å². The lowest BCUT2D eigenvalue weighted by Gasteiger charge is -2.36. The maximum Gasteiger partial charge on any atom is 0.244 e. The highest BCUT2D eigenvalue weighted by Gasteiger charge is 2.39. The zero-order chi connectivity index (χ0) is 19.1. The van der Waals surface area contributed by atoms with Crippen molar-refractivity contribution in [2.24, 2.45) is 0 Å². The van der Waals surface area contributed by atoms with Crippen molar-refractivity contribution >= 4 is 0 Å². The van der Waals surface area contributed by atoms with E-state index in [0.29, 0.717) is 6.04 Å². The second kappa shape index (κ2) is 9.03. The number of aryl methyl sites for hydroxylation is 1. The molecule has 2 atom stereocenters. The molecule has 2 aromatic carbocycles. The van der Waals surface area contributed by atoms with Crippen LogP contribution in [0.4, 0.5) is 0 Å². The summed E-state index contributed by atoms with van der Waals surface area (Å²) in [5.74, 6) is 0. The third-order valence-electron chi connectivity index (χ3n) is 5.70. The van der Waals surface area contributed by atoms with Crippen molar-refractivity contribution in [2.75, 3.05) is 0 Å². The molecule has 2 unspecified atom stereocenters. The van der Waals surface area contributed by atoms with E-state index in [1.807, 2.05) is 0 Å². The molecule has 142 valence electrons. The summed E-state index contributed by atoms with van der Waals surface area (Å²) in [6, 6.07) is 22.4. The Balaban J connectivity index is 2.04. The summed E-state index contributed by atoms with van der Waals surface area (Å²) < 4.78 is 4.77. The third kappa shape index (κ3) is 4.50. The molecular formula is C25H33N2+. The van der Waals surface area contributed by atoms with Crippen LogP contribution >= 0.6 is 0 Å². The smallest absolute Gasteiger partial charge is 0.237 e. The molecule has 0 N–H and O–H groups in total. The van der Waals surface area contributed by atoms with Crippen molar-refractivity contribution in [2.45, 2.75) is 64.5 Å². The Hall–Kier alpha value is -2.35. The van der Waals surface area contributed by atoms with E-state index in [4.69, 9.17) is 0 Å². The monoisotopic (exact) mass is 361 g/mol. The minimum Gasteiger partial charge on any atom is -0.237 e. The lowest BCUT2D eigenvalue weighted by molar-refractivity contribution is -0.696. The molecule has 0 bridgehead atoms. The van der Waals surface area contributed by atoms with Gasteiger partial charge in [-0.3, -0.25) is 0 Å². The second-order valence-electron chi connectivity index (χ2n) is 7.85. The summed E-state index contributed by atoms with van der Waals surface area (Å²) >= 11 is 0. The maximum atomic E-state index is 2.45.